The minimum atomic E-state index is -2.14. The van der Waals surface area contributed by atoms with Crippen LogP contribution in [-0.2, 0) is 9.71 Å². The topological polar surface area (TPSA) is 29.1 Å². The zero-order chi connectivity index (χ0) is 12.5. The van der Waals surface area contributed by atoms with Gasteiger partial charge in [-0.1, -0.05) is 44.2 Å². The van der Waals surface area contributed by atoms with Gasteiger partial charge in [0.25, 0.3) is 0 Å². The standard InChI is InChI=1S/C13H21NOS2/c1-4-13(16-5-2)17(15)9-11-10(3)7-6-8-12(11)14-17/h4-5,9-12H,2,6-8H2,1,3H3,(H,14,15)/b13-4+. The molecule has 1 aliphatic carbocycles. The van der Waals surface area contributed by atoms with Crippen molar-refractivity contribution in [1.82, 2.24) is 4.72 Å². The molecule has 0 spiro atoms. The van der Waals surface area contributed by atoms with E-state index in [1.165, 1.54) is 24.6 Å². The van der Waals surface area contributed by atoms with Crippen LogP contribution in [0.3, 0.4) is 0 Å². The second kappa shape index (κ2) is 5.21. The molecule has 0 radical (unpaired) electrons. The molecule has 1 heterocycles. The Morgan fingerprint density at radius 1 is 1.59 bits per heavy atom. The summed E-state index contributed by atoms with van der Waals surface area (Å²) in [7, 11) is -2.14. The molecule has 17 heavy (non-hydrogen) atoms. The van der Waals surface area contributed by atoms with E-state index in [0.29, 0.717) is 17.9 Å². The number of hydrogen-bond donors (Lipinski definition) is 1. The first-order valence-corrected chi connectivity index (χ1v) is 8.71. The van der Waals surface area contributed by atoms with Crippen molar-refractivity contribution in [2.75, 3.05) is 0 Å². The SMILES string of the molecule is C=CS/C(=C\C)S1(=O)=CC2C(C)CCCC2N1. The number of thioether (sulfide) groups is 1. The molecule has 0 bridgehead atoms. The van der Waals surface area contributed by atoms with E-state index in [0.717, 1.165) is 10.7 Å². The van der Waals surface area contributed by atoms with Gasteiger partial charge in [-0.2, -0.15) is 0 Å². The second-order valence-electron chi connectivity index (χ2n) is 4.84. The lowest BCUT2D eigenvalue weighted by atomic mass is 9.78. The minimum Gasteiger partial charge on any atom is -0.247 e. The number of rotatable bonds is 3. The molecule has 2 nitrogen and oxygen atoms in total. The first-order chi connectivity index (χ1) is 8.10. The number of fused-ring (bicyclic) bond motifs is 1. The van der Waals surface area contributed by atoms with Crippen LogP contribution in [0.5, 0.6) is 0 Å². The Morgan fingerprint density at radius 3 is 2.94 bits per heavy atom. The summed E-state index contributed by atoms with van der Waals surface area (Å²) in [6, 6.07) is 0.409. The monoisotopic (exact) mass is 271 g/mol. The van der Waals surface area contributed by atoms with Crippen molar-refractivity contribution in [3.05, 3.63) is 22.3 Å². The molecule has 1 saturated carbocycles. The molecule has 1 fully saturated rings. The van der Waals surface area contributed by atoms with Crippen molar-refractivity contribution >= 4 is 26.8 Å². The molecule has 1 N–H and O–H groups in total. The van der Waals surface area contributed by atoms with Gasteiger partial charge in [0.1, 0.15) is 0 Å². The summed E-state index contributed by atoms with van der Waals surface area (Å²) in [4.78, 5) is 0. The molecule has 0 aromatic heterocycles. The molecule has 0 aromatic rings. The number of hydrogen-bond acceptors (Lipinski definition) is 2. The molecule has 0 aromatic carbocycles. The summed E-state index contributed by atoms with van der Waals surface area (Å²) >= 11 is 1.47. The van der Waals surface area contributed by atoms with Crippen LogP contribution in [0.4, 0.5) is 0 Å². The highest BCUT2D eigenvalue weighted by Gasteiger charge is 2.38. The van der Waals surface area contributed by atoms with Crippen molar-refractivity contribution in [1.29, 1.82) is 0 Å². The fourth-order valence-corrected chi connectivity index (χ4v) is 6.51. The highest BCUT2D eigenvalue weighted by atomic mass is 32.3. The maximum absolute atomic E-state index is 12.9. The van der Waals surface area contributed by atoms with E-state index in [9.17, 15) is 4.21 Å². The third kappa shape index (κ3) is 2.49. The third-order valence-electron chi connectivity index (χ3n) is 3.71. The number of nitrogens with one attached hydrogen (secondary N) is 1. The maximum atomic E-state index is 12.9. The zero-order valence-corrected chi connectivity index (χ0v) is 12.2. The summed E-state index contributed by atoms with van der Waals surface area (Å²) in [6.07, 6.45) is 5.60. The van der Waals surface area contributed by atoms with E-state index < -0.39 is 9.71 Å². The van der Waals surface area contributed by atoms with Gasteiger partial charge in [0.15, 0.2) is 0 Å². The predicted octanol–water partition coefficient (Wildman–Crippen LogP) is 3.13. The van der Waals surface area contributed by atoms with Crippen LogP contribution in [-0.4, -0.2) is 15.6 Å². The first-order valence-electron chi connectivity index (χ1n) is 6.21. The third-order valence-corrected chi connectivity index (χ3v) is 7.56. The van der Waals surface area contributed by atoms with Crippen LogP contribution < -0.4 is 4.72 Å². The van der Waals surface area contributed by atoms with Gasteiger partial charge in [0.2, 0.25) is 0 Å². The first kappa shape index (κ1) is 13.2. The van der Waals surface area contributed by atoms with Crippen molar-refractivity contribution < 1.29 is 4.21 Å². The average molecular weight is 271 g/mol. The normalized spacial score (nSPS) is 41.8. The summed E-state index contributed by atoms with van der Waals surface area (Å²) in [5, 5.41) is 3.83. The lowest BCUT2D eigenvalue weighted by molar-refractivity contribution is 0.284. The average Bonchev–Trinajstić information content (AvgIpc) is 2.65. The molecule has 0 amide bonds. The van der Waals surface area contributed by atoms with E-state index in [4.69, 9.17) is 0 Å². The molecular weight excluding hydrogens is 250 g/mol. The van der Waals surface area contributed by atoms with Gasteiger partial charge in [-0.05, 0) is 30.0 Å². The van der Waals surface area contributed by atoms with Gasteiger partial charge in [0.05, 0.1) is 13.9 Å². The highest BCUT2D eigenvalue weighted by molar-refractivity contribution is 8.23. The summed E-state index contributed by atoms with van der Waals surface area (Å²) in [6.45, 7) is 7.93. The van der Waals surface area contributed by atoms with E-state index in [1.54, 1.807) is 5.41 Å². The Balaban J connectivity index is 2.30. The lowest BCUT2D eigenvalue weighted by Gasteiger charge is -2.30. The van der Waals surface area contributed by atoms with Crippen molar-refractivity contribution in [2.45, 2.75) is 39.2 Å². The molecule has 0 saturated heterocycles. The van der Waals surface area contributed by atoms with Crippen LogP contribution in [0.2, 0.25) is 0 Å². The van der Waals surface area contributed by atoms with Gasteiger partial charge >= 0.3 is 0 Å². The summed E-state index contributed by atoms with van der Waals surface area (Å²) < 4.78 is 17.2. The molecule has 2 rings (SSSR count). The summed E-state index contributed by atoms with van der Waals surface area (Å²) in [5.74, 6) is 1.12. The lowest BCUT2D eigenvalue weighted by Crippen LogP contribution is -2.37. The molecule has 1 aliphatic heterocycles. The predicted molar refractivity (Wildman–Crippen MR) is 79.2 cm³/mol. The van der Waals surface area contributed by atoms with Crippen LogP contribution in [0.1, 0.15) is 33.1 Å². The smallest absolute Gasteiger partial charge is 0.0774 e. The van der Waals surface area contributed by atoms with Crippen LogP contribution in [0, 0.1) is 11.8 Å². The van der Waals surface area contributed by atoms with Gasteiger partial charge in [-0.25, -0.2) is 8.93 Å². The highest BCUT2D eigenvalue weighted by Crippen LogP contribution is 2.36. The fraction of sp³-hybridized carbons (Fsp3) is 0.615. The van der Waals surface area contributed by atoms with E-state index in [2.05, 4.69) is 23.6 Å². The molecule has 96 valence electrons. The minimum absolute atomic E-state index is 0.409. The van der Waals surface area contributed by atoms with E-state index in [-0.39, 0.29) is 0 Å². The van der Waals surface area contributed by atoms with Crippen LogP contribution in [0.15, 0.2) is 22.3 Å². The largest absolute Gasteiger partial charge is 0.247 e. The molecule has 2 aliphatic rings. The molecular formula is C13H21NOS2. The Hall–Kier alpha value is -0.190. The quantitative estimate of drug-likeness (QED) is 0.799. The van der Waals surface area contributed by atoms with Crippen LogP contribution in [0.25, 0.3) is 0 Å². The van der Waals surface area contributed by atoms with Gasteiger partial charge in [0, 0.05) is 12.0 Å². The Morgan fingerprint density at radius 2 is 2.35 bits per heavy atom. The van der Waals surface area contributed by atoms with Crippen molar-refractivity contribution in [2.24, 2.45) is 11.8 Å². The number of allylic oxidation sites excluding steroid dienone is 1. The second-order valence-corrected chi connectivity index (χ2v) is 8.26. The Bertz CT molecular complexity index is 446. The molecule has 4 atom stereocenters. The molecule has 4 heteroatoms. The fourth-order valence-electron chi connectivity index (χ4n) is 2.81. The van der Waals surface area contributed by atoms with Gasteiger partial charge in [-0.3, -0.25) is 0 Å². The van der Waals surface area contributed by atoms with Gasteiger partial charge < -0.3 is 0 Å². The summed E-state index contributed by atoms with van der Waals surface area (Å²) in [5.41, 5.74) is 0. The van der Waals surface area contributed by atoms with E-state index in [1.807, 2.05) is 13.0 Å². The van der Waals surface area contributed by atoms with Gasteiger partial charge in [-0.15, -0.1) is 0 Å². The van der Waals surface area contributed by atoms with Crippen molar-refractivity contribution in [3.8, 4) is 0 Å². The maximum Gasteiger partial charge on any atom is 0.0774 e. The van der Waals surface area contributed by atoms with Crippen molar-refractivity contribution in [3.63, 3.8) is 0 Å². The Labute approximate surface area is 109 Å². The zero-order valence-electron chi connectivity index (χ0n) is 10.5. The van der Waals surface area contributed by atoms with E-state index >= 15 is 0 Å². The Kier molecular flexibility index (Phi) is 4.06. The molecule has 4 unspecified atom stereocenters. The van der Waals surface area contributed by atoms with Crippen LogP contribution >= 0.6 is 11.8 Å².